The molecule has 22 heavy (non-hydrogen) atoms. The first kappa shape index (κ1) is 16.0. The van der Waals surface area contributed by atoms with E-state index in [1.807, 2.05) is 0 Å². The Balaban J connectivity index is 1.53. The summed E-state index contributed by atoms with van der Waals surface area (Å²) in [6.07, 6.45) is 6.71. The molecule has 1 N–H and O–H groups in total. The zero-order chi connectivity index (χ0) is 15.4. The Morgan fingerprint density at radius 1 is 1.14 bits per heavy atom. The molecule has 1 heterocycles. The molecule has 0 radical (unpaired) electrons. The smallest absolute Gasteiger partial charge is 0.0108 e. The van der Waals surface area contributed by atoms with Crippen molar-refractivity contribution >= 4 is 0 Å². The van der Waals surface area contributed by atoms with Crippen LogP contribution < -0.4 is 5.32 Å². The number of hydrogen-bond donors (Lipinski definition) is 1. The Morgan fingerprint density at radius 3 is 2.55 bits per heavy atom. The van der Waals surface area contributed by atoms with E-state index in [1.54, 1.807) is 5.56 Å². The van der Waals surface area contributed by atoms with Crippen molar-refractivity contribution in [3.05, 3.63) is 35.4 Å². The van der Waals surface area contributed by atoms with Gasteiger partial charge in [0.05, 0.1) is 0 Å². The summed E-state index contributed by atoms with van der Waals surface area (Å²) in [5, 5.41) is 3.42. The van der Waals surface area contributed by atoms with Crippen molar-refractivity contribution in [3.63, 3.8) is 0 Å². The van der Waals surface area contributed by atoms with Crippen LogP contribution in [0.1, 0.15) is 56.6 Å². The number of hydrogen-bond acceptors (Lipinski definition) is 2. The fraction of sp³-hybridized carbons (Fsp3) is 0.700. The van der Waals surface area contributed by atoms with Crippen molar-refractivity contribution < 1.29 is 0 Å². The lowest BCUT2D eigenvalue weighted by Crippen LogP contribution is -2.44. The second-order valence-electron chi connectivity index (χ2n) is 8.04. The van der Waals surface area contributed by atoms with Gasteiger partial charge >= 0.3 is 0 Å². The monoisotopic (exact) mass is 300 g/mol. The van der Waals surface area contributed by atoms with E-state index in [1.165, 1.54) is 57.3 Å². The molecule has 2 fully saturated rings. The molecule has 0 amide bonds. The molecule has 1 aliphatic carbocycles. The highest BCUT2D eigenvalue weighted by Crippen LogP contribution is 2.43. The summed E-state index contributed by atoms with van der Waals surface area (Å²) in [5.74, 6) is 0.783. The van der Waals surface area contributed by atoms with Gasteiger partial charge in [0.25, 0.3) is 0 Å². The molecule has 2 nitrogen and oxygen atoms in total. The minimum absolute atomic E-state index is 0.532. The summed E-state index contributed by atoms with van der Waals surface area (Å²) < 4.78 is 0. The van der Waals surface area contributed by atoms with Crippen molar-refractivity contribution in [2.24, 2.45) is 5.41 Å². The van der Waals surface area contributed by atoms with E-state index in [4.69, 9.17) is 0 Å². The highest BCUT2D eigenvalue weighted by molar-refractivity contribution is 5.26. The molecule has 3 rings (SSSR count). The first-order valence-corrected chi connectivity index (χ1v) is 9.14. The fourth-order valence-corrected chi connectivity index (χ4v) is 4.16. The van der Waals surface area contributed by atoms with Gasteiger partial charge in [0, 0.05) is 32.7 Å². The third-order valence-corrected chi connectivity index (χ3v) is 5.58. The molecule has 1 atom stereocenters. The van der Waals surface area contributed by atoms with Crippen LogP contribution in [0.25, 0.3) is 0 Å². The minimum atomic E-state index is 0.532. The molecular formula is C20H32N2. The lowest BCUT2D eigenvalue weighted by molar-refractivity contribution is 0.219. The first-order valence-electron chi connectivity index (χ1n) is 9.14. The summed E-state index contributed by atoms with van der Waals surface area (Å²) in [4.78, 5) is 2.58. The van der Waals surface area contributed by atoms with Crippen LogP contribution in [0.2, 0.25) is 0 Å². The Labute approximate surface area is 136 Å². The SMILES string of the molecule is CC1(C)CCCC(c2ccc(CCN3CCNCC3)cc2)C1. The average molecular weight is 300 g/mol. The van der Waals surface area contributed by atoms with Crippen molar-refractivity contribution in [1.29, 1.82) is 0 Å². The van der Waals surface area contributed by atoms with Crippen LogP contribution in [0.5, 0.6) is 0 Å². The Kier molecular flexibility index (Phi) is 5.20. The van der Waals surface area contributed by atoms with E-state index in [9.17, 15) is 0 Å². The third kappa shape index (κ3) is 4.33. The van der Waals surface area contributed by atoms with Gasteiger partial charge in [0.1, 0.15) is 0 Å². The fourth-order valence-electron chi connectivity index (χ4n) is 4.16. The van der Waals surface area contributed by atoms with E-state index in [2.05, 4.69) is 48.3 Å². The van der Waals surface area contributed by atoms with Crippen LogP contribution in [0.4, 0.5) is 0 Å². The summed E-state index contributed by atoms with van der Waals surface area (Å²) in [6, 6.07) is 9.55. The molecule has 2 heteroatoms. The number of benzene rings is 1. The maximum atomic E-state index is 3.42. The first-order chi connectivity index (χ1) is 10.6. The number of piperazine rings is 1. The molecule has 2 aliphatic rings. The molecule has 1 aromatic carbocycles. The molecule has 1 aromatic rings. The second-order valence-corrected chi connectivity index (χ2v) is 8.04. The highest BCUT2D eigenvalue weighted by Gasteiger charge is 2.28. The zero-order valence-electron chi connectivity index (χ0n) is 14.4. The summed E-state index contributed by atoms with van der Waals surface area (Å²) in [6.45, 7) is 10.8. The van der Waals surface area contributed by atoms with Gasteiger partial charge in [-0.3, -0.25) is 0 Å². The van der Waals surface area contributed by atoms with Gasteiger partial charge in [-0.25, -0.2) is 0 Å². The van der Waals surface area contributed by atoms with E-state index < -0.39 is 0 Å². The van der Waals surface area contributed by atoms with E-state index in [0.717, 1.165) is 19.0 Å². The van der Waals surface area contributed by atoms with Gasteiger partial charge in [0.2, 0.25) is 0 Å². The lowest BCUT2D eigenvalue weighted by Gasteiger charge is -2.35. The van der Waals surface area contributed by atoms with Crippen LogP contribution in [0, 0.1) is 5.41 Å². The Bertz CT molecular complexity index is 457. The van der Waals surface area contributed by atoms with Gasteiger partial charge in [-0.2, -0.15) is 0 Å². The third-order valence-electron chi connectivity index (χ3n) is 5.58. The van der Waals surface area contributed by atoms with Crippen molar-refractivity contribution in [1.82, 2.24) is 10.2 Å². The van der Waals surface area contributed by atoms with Gasteiger partial charge in [0.15, 0.2) is 0 Å². The molecule has 1 saturated heterocycles. The molecule has 1 unspecified atom stereocenters. The van der Waals surface area contributed by atoms with E-state index in [0.29, 0.717) is 5.41 Å². The molecule has 1 saturated carbocycles. The number of nitrogens with one attached hydrogen (secondary N) is 1. The van der Waals surface area contributed by atoms with Crippen LogP contribution >= 0.6 is 0 Å². The zero-order valence-corrected chi connectivity index (χ0v) is 14.4. The van der Waals surface area contributed by atoms with E-state index >= 15 is 0 Å². The van der Waals surface area contributed by atoms with Crippen molar-refractivity contribution in [2.45, 2.75) is 51.9 Å². The van der Waals surface area contributed by atoms with Crippen LogP contribution in [-0.4, -0.2) is 37.6 Å². The molecule has 0 spiro atoms. The predicted octanol–water partition coefficient (Wildman–Crippen LogP) is 3.82. The highest BCUT2D eigenvalue weighted by atomic mass is 15.2. The average Bonchev–Trinajstić information content (AvgIpc) is 2.53. The largest absolute Gasteiger partial charge is 0.314 e. The van der Waals surface area contributed by atoms with Crippen LogP contribution in [0.3, 0.4) is 0 Å². The maximum Gasteiger partial charge on any atom is 0.0108 e. The molecule has 122 valence electrons. The molecule has 0 bridgehead atoms. The van der Waals surface area contributed by atoms with Gasteiger partial charge in [-0.1, -0.05) is 44.5 Å². The quantitative estimate of drug-likeness (QED) is 0.909. The Morgan fingerprint density at radius 2 is 1.86 bits per heavy atom. The Hall–Kier alpha value is -0.860. The standard InChI is InChI=1S/C20H32N2/c1-20(2)10-3-4-19(16-20)18-7-5-17(6-8-18)9-13-22-14-11-21-12-15-22/h5-8,19,21H,3-4,9-16H2,1-2H3. The van der Waals surface area contributed by atoms with Crippen molar-refractivity contribution in [3.8, 4) is 0 Å². The number of rotatable bonds is 4. The minimum Gasteiger partial charge on any atom is -0.314 e. The van der Waals surface area contributed by atoms with E-state index in [-0.39, 0.29) is 0 Å². The van der Waals surface area contributed by atoms with Crippen LogP contribution in [-0.2, 0) is 6.42 Å². The molecular weight excluding hydrogens is 268 g/mol. The van der Waals surface area contributed by atoms with Crippen LogP contribution in [0.15, 0.2) is 24.3 Å². The normalized spacial score (nSPS) is 26.0. The topological polar surface area (TPSA) is 15.3 Å². The summed E-state index contributed by atoms with van der Waals surface area (Å²) in [5.41, 5.74) is 3.60. The number of nitrogens with zero attached hydrogens (tertiary/aromatic N) is 1. The van der Waals surface area contributed by atoms with Gasteiger partial charge < -0.3 is 10.2 Å². The molecule has 0 aromatic heterocycles. The van der Waals surface area contributed by atoms with Gasteiger partial charge in [-0.05, 0) is 48.1 Å². The maximum absolute atomic E-state index is 3.42. The predicted molar refractivity (Wildman–Crippen MR) is 94.4 cm³/mol. The summed E-state index contributed by atoms with van der Waals surface area (Å²) >= 11 is 0. The summed E-state index contributed by atoms with van der Waals surface area (Å²) in [7, 11) is 0. The van der Waals surface area contributed by atoms with Gasteiger partial charge in [-0.15, -0.1) is 0 Å². The van der Waals surface area contributed by atoms with Crippen molar-refractivity contribution in [2.75, 3.05) is 32.7 Å². The second kappa shape index (κ2) is 7.14. The lowest BCUT2D eigenvalue weighted by atomic mass is 9.70. The molecule has 1 aliphatic heterocycles.